The van der Waals surface area contributed by atoms with E-state index in [-0.39, 0.29) is 29.8 Å². The zero-order valence-corrected chi connectivity index (χ0v) is 10.8. The smallest absolute Gasteiger partial charge is 0.223 e. The maximum Gasteiger partial charge on any atom is 0.223 e. The molecule has 2 heterocycles. The summed E-state index contributed by atoms with van der Waals surface area (Å²) in [5, 5.41) is 8.08. The first-order chi connectivity index (χ1) is 8.74. The van der Waals surface area contributed by atoms with Crippen LogP contribution in [0.5, 0.6) is 0 Å². The SMILES string of the molecule is O=C1CC[C@@H](NC(=O)C2CC2)[C@H](c2cccs2)N1. The molecule has 0 radical (unpaired) electrons. The van der Waals surface area contributed by atoms with Crippen LogP contribution in [-0.4, -0.2) is 17.9 Å². The monoisotopic (exact) mass is 264 g/mol. The molecule has 1 saturated carbocycles. The van der Waals surface area contributed by atoms with E-state index in [0.29, 0.717) is 6.42 Å². The van der Waals surface area contributed by atoms with Gasteiger partial charge in [-0.3, -0.25) is 9.59 Å². The highest BCUT2D eigenvalue weighted by Crippen LogP contribution is 2.31. The molecule has 5 heteroatoms. The van der Waals surface area contributed by atoms with Crippen molar-refractivity contribution in [1.29, 1.82) is 0 Å². The molecule has 2 fully saturated rings. The Balaban J connectivity index is 1.73. The lowest BCUT2D eigenvalue weighted by Gasteiger charge is -2.32. The second-order valence-electron chi connectivity index (χ2n) is 4.99. The molecule has 1 aromatic rings. The van der Waals surface area contributed by atoms with Crippen molar-refractivity contribution >= 4 is 23.2 Å². The molecule has 4 nitrogen and oxygen atoms in total. The zero-order chi connectivity index (χ0) is 12.5. The molecule has 2 aliphatic rings. The third kappa shape index (κ3) is 2.41. The van der Waals surface area contributed by atoms with Crippen molar-refractivity contribution < 1.29 is 9.59 Å². The van der Waals surface area contributed by atoms with Gasteiger partial charge in [0.2, 0.25) is 11.8 Å². The largest absolute Gasteiger partial charge is 0.351 e. The fraction of sp³-hybridized carbons (Fsp3) is 0.538. The number of carbonyl (C=O) groups is 2. The molecule has 2 N–H and O–H groups in total. The Hall–Kier alpha value is -1.36. The topological polar surface area (TPSA) is 58.2 Å². The minimum absolute atomic E-state index is 0.0365. The molecule has 0 aromatic carbocycles. The summed E-state index contributed by atoms with van der Waals surface area (Å²) in [6, 6.07) is 3.96. The van der Waals surface area contributed by atoms with Gasteiger partial charge in [0, 0.05) is 17.2 Å². The average Bonchev–Trinajstić information content (AvgIpc) is 3.07. The number of nitrogens with one attached hydrogen (secondary N) is 2. The molecule has 96 valence electrons. The van der Waals surface area contributed by atoms with Crippen LogP contribution in [0.3, 0.4) is 0 Å². The van der Waals surface area contributed by atoms with E-state index < -0.39 is 0 Å². The summed E-state index contributed by atoms with van der Waals surface area (Å²) in [4.78, 5) is 24.5. The number of hydrogen-bond acceptors (Lipinski definition) is 3. The highest BCUT2D eigenvalue weighted by atomic mass is 32.1. The highest BCUT2D eigenvalue weighted by Gasteiger charge is 2.36. The van der Waals surface area contributed by atoms with Crippen LogP contribution < -0.4 is 10.6 Å². The number of hydrogen-bond donors (Lipinski definition) is 2. The minimum Gasteiger partial charge on any atom is -0.351 e. The summed E-state index contributed by atoms with van der Waals surface area (Å²) in [5.74, 6) is 0.439. The van der Waals surface area contributed by atoms with Gasteiger partial charge in [-0.05, 0) is 30.7 Å². The van der Waals surface area contributed by atoms with Gasteiger partial charge in [-0.2, -0.15) is 0 Å². The summed E-state index contributed by atoms with van der Waals surface area (Å²) in [6.45, 7) is 0. The molecule has 2 amide bonds. The Morgan fingerprint density at radius 3 is 2.89 bits per heavy atom. The maximum absolute atomic E-state index is 11.8. The van der Waals surface area contributed by atoms with E-state index >= 15 is 0 Å². The van der Waals surface area contributed by atoms with Crippen molar-refractivity contribution in [3.8, 4) is 0 Å². The van der Waals surface area contributed by atoms with Crippen LogP contribution >= 0.6 is 11.3 Å². The van der Waals surface area contributed by atoms with Crippen LogP contribution in [0.2, 0.25) is 0 Å². The van der Waals surface area contributed by atoms with E-state index in [1.54, 1.807) is 11.3 Å². The molecule has 18 heavy (non-hydrogen) atoms. The molecular formula is C13H16N2O2S. The molecule has 1 aromatic heterocycles. The highest BCUT2D eigenvalue weighted by molar-refractivity contribution is 7.10. The summed E-state index contributed by atoms with van der Waals surface area (Å²) < 4.78 is 0. The second-order valence-corrected chi connectivity index (χ2v) is 5.97. The molecule has 2 atom stereocenters. The van der Waals surface area contributed by atoms with Crippen molar-refractivity contribution in [3.05, 3.63) is 22.4 Å². The third-order valence-electron chi connectivity index (χ3n) is 3.53. The van der Waals surface area contributed by atoms with Gasteiger partial charge in [0.15, 0.2) is 0 Å². The lowest BCUT2D eigenvalue weighted by atomic mass is 9.96. The van der Waals surface area contributed by atoms with Gasteiger partial charge in [-0.25, -0.2) is 0 Å². The fourth-order valence-corrected chi connectivity index (χ4v) is 3.18. The van der Waals surface area contributed by atoms with Gasteiger partial charge in [0.25, 0.3) is 0 Å². The van der Waals surface area contributed by atoms with Crippen LogP contribution in [0.4, 0.5) is 0 Å². The first-order valence-electron chi connectivity index (χ1n) is 6.37. The molecule has 0 bridgehead atoms. The van der Waals surface area contributed by atoms with Crippen molar-refractivity contribution in [2.75, 3.05) is 0 Å². The van der Waals surface area contributed by atoms with Gasteiger partial charge < -0.3 is 10.6 Å². The summed E-state index contributed by atoms with van der Waals surface area (Å²) >= 11 is 1.62. The Morgan fingerprint density at radius 1 is 1.39 bits per heavy atom. The second kappa shape index (κ2) is 4.72. The molecule has 0 spiro atoms. The number of thiophene rings is 1. The first-order valence-corrected chi connectivity index (χ1v) is 7.25. The fourth-order valence-electron chi connectivity index (χ4n) is 2.34. The van der Waals surface area contributed by atoms with Crippen molar-refractivity contribution in [2.24, 2.45) is 5.92 Å². The predicted molar refractivity (Wildman–Crippen MR) is 69.1 cm³/mol. The van der Waals surface area contributed by atoms with E-state index in [4.69, 9.17) is 0 Å². The van der Waals surface area contributed by atoms with Gasteiger partial charge in [-0.15, -0.1) is 11.3 Å². The van der Waals surface area contributed by atoms with Crippen molar-refractivity contribution in [1.82, 2.24) is 10.6 Å². The maximum atomic E-state index is 11.8. The molecule has 1 aliphatic heterocycles. The standard InChI is InChI=1S/C13H16N2O2S/c16-11-6-5-9(14-13(17)8-3-4-8)12(15-11)10-2-1-7-18-10/h1-2,7-9,12H,3-6H2,(H,14,17)(H,15,16)/t9-,12-/m1/s1. The molecular weight excluding hydrogens is 248 g/mol. The Labute approximate surface area is 110 Å². The van der Waals surface area contributed by atoms with Gasteiger partial charge in [0.1, 0.15) is 0 Å². The predicted octanol–water partition coefficient (Wildman–Crippen LogP) is 1.59. The summed E-state index contributed by atoms with van der Waals surface area (Å²) in [7, 11) is 0. The van der Waals surface area contributed by atoms with E-state index in [1.165, 1.54) is 0 Å². The Morgan fingerprint density at radius 2 is 2.22 bits per heavy atom. The van der Waals surface area contributed by atoms with Crippen LogP contribution in [0.15, 0.2) is 17.5 Å². The summed E-state index contributed by atoms with van der Waals surface area (Å²) in [6.07, 6.45) is 3.24. The molecule has 3 rings (SSSR count). The first kappa shape index (κ1) is 11.7. The molecule has 1 aliphatic carbocycles. The Kier molecular flexibility index (Phi) is 3.07. The zero-order valence-electron chi connectivity index (χ0n) is 10.0. The minimum atomic E-state index is -0.0612. The van der Waals surface area contributed by atoms with Crippen LogP contribution in [-0.2, 0) is 9.59 Å². The van der Waals surface area contributed by atoms with Gasteiger partial charge in [-0.1, -0.05) is 6.07 Å². The summed E-state index contributed by atoms with van der Waals surface area (Å²) in [5.41, 5.74) is 0. The van der Waals surface area contributed by atoms with Crippen LogP contribution in [0.25, 0.3) is 0 Å². The van der Waals surface area contributed by atoms with Crippen LogP contribution in [0.1, 0.15) is 36.6 Å². The lowest BCUT2D eigenvalue weighted by Crippen LogP contribution is -2.50. The lowest BCUT2D eigenvalue weighted by molar-refractivity contribution is -0.127. The number of piperidine rings is 1. The Bertz CT molecular complexity index is 454. The van der Waals surface area contributed by atoms with Crippen molar-refractivity contribution in [3.63, 3.8) is 0 Å². The number of amides is 2. The van der Waals surface area contributed by atoms with E-state index in [9.17, 15) is 9.59 Å². The van der Waals surface area contributed by atoms with Crippen molar-refractivity contribution in [2.45, 2.75) is 37.8 Å². The number of carbonyl (C=O) groups excluding carboxylic acids is 2. The molecule has 0 unspecified atom stereocenters. The van der Waals surface area contributed by atoms with E-state index in [0.717, 1.165) is 24.1 Å². The van der Waals surface area contributed by atoms with E-state index in [2.05, 4.69) is 10.6 Å². The van der Waals surface area contributed by atoms with E-state index in [1.807, 2.05) is 17.5 Å². The van der Waals surface area contributed by atoms with Crippen LogP contribution in [0, 0.1) is 5.92 Å². The number of rotatable bonds is 3. The average molecular weight is 264 g/mol. The van der Waals surface area contributed by atoms with Gasteiger partial charge >= 0.3 is 0 Å². The quantitative estimate of drug-likeness (QED) is 0.871. The third-order valence-corrected chi connectivity index (χ3v) is 4.48. The normalized spacial score (nSPS) is 27.7. The van der Waals surface area contributed by atoms with Gasteiger partial charge in [0.05, 0.1) is 12.1 Å². The molecule has 1 saturated heterocycles.